The number of amides is 4. The highest BCUT2D eigenvalue weighted by Gasteiger charge is 2.52. The lowest BCUT2D eigenvalue weighted by molar-refractivity contribution is -0.140. The average molecular weight is 433 g/mol. The second-order valence-corrected chi connectivity index (χ2v) is 9.00. The van der Waals surface area contributed by atoms with E-state index in [9.17, 15) is 18.8 Å². The number of halogens is 1. The van der Waals surface area contributed by atoms with E-state index in [0.29, 0.717) is 38.4 Å². The average Bonchev–Trinajstić information content (AvgIpc) is 2.97. The molecule has 3 rings (SSSR count). The molecule has 2 fully saturated rings. The summed E-state index contributed by atoms with van der Waals surface area (Å²) in [6, 6.07) is 5.51. The summed E-state index contributed by atoms with van der Waals surface area (Å²) in [6.07, 6.45) is 4.14. The first kappa shape index (κ1) is 23.2. The second-order valence-electron chi connectivity index (χ2n) is 9.00. The quantitative estimate of drug-likeness (QED) is 0.641. The smallest absolute Gasteiger partial charge is 0.325 e. The maximum absolute atomic E-state index is 13.2. The number of carbonyl (C=O) groups is 3. The molecule has 1 aromatic rings. The van der Waals surface area contributed by atoms with E-state index < -0.39 is 11.6 Å². The predicted octanol–water partition coefficient (Wildman–Crippen LogP) is 2.61. The van der Waals surface area contributed by atoms with Crippen molar-refractivity contribution in [3.63, 3.8) is 0 Å². The van der Waals surface area contributed by atoms with Gasteiger partial charge in [0.2, 0.25) is 5.91 Å². The van der Waals surface area contributed by atoms with Crippen LogP contribution in [0.4, 0.5) is 9.18 Å². The fourth-order valence-corrected chi connectivity index (χ4v) is 4.40. The lowest BCUT2D eigenvalue weighted by Crippen LogP contribution is -2.50. The highest BCUT2D eigenvalue weighted by molar-refractivity contribution is 6.09. The molecule has 170 valence electrons. The molecule has 0 atom stereocenters. The number of likely N-dealkylation sites (N-methyl/N-ethyl adjacent to an activating group) is 1. The lowest BCUT2D eigenvalue weighted by atomic mass is 9.75. The van der Waals surface area contributed by atoms with Crippen LogP contribution in [-0.2, 0) is 16.1 Å². The largest absolute Gasteiger partial charge is 0.336 e. The third kappa shape index (κ3) is 5.42. The molecule has 31 heavy (non-hydrogen) atoms. The van der Waals surface area contributed by atoms with Crippen LogP contribution in [0.3, 0.4) is 0 Å². The summed E-state index contributed by atoms with van der Waals surface area (Å²) in [4.78, 5) is 43.5. The van der Waals surface area contributed by atoms with Gasteiger partial charge in [0.1, 0.15) is 17.9 Å². The highest BCUT2D eigenvalue weighted by atomic mass is 19.1. The highest BCUT2D eigenvalue weighted by Crippen LogP contribution is 2.37. The molecule has 1 aliphatic carbocycles. The van der Waals surface area contributed by atoms with Crippen molar-refractivity contribution < 1.29 is 18.8 Å². The van der Waals surface area contributed by atoms with Gasteiger partial charge >= 0.3 is 6.03 Å². The summed E-state index contributed by atoms with van der Waals surface area (Å²) in [5.41, 5.74) is -0.0610. The zero-order valence-electron chi connectivity index (χ0n) is 18.7. The monoisotopic (exact) mass is 432 g/mol. The van der Waals surface area contributed by atoms with Crippen molar-refractivity contribution in [2.75, 3.05) is 33.7 Å². The van der Waals surface area contributed by atoms with Gasteiger partial charge in [-0.1, -0.05) is 25.5 Å². The normalized spacial score (nSPS) is 23.5. The van der Waals surface area contributed by atoms with Gasteiger partial charge in [0.25, 0.3) is 5.91 Å². The van der Waals surface area contributed by atoms with E-state index in [1.165, 1.54) is 12.1 Å². The molecular weight excluding hydrogens is 399 g/mol. The first-order chi connectivity index (χ1) is 14.7. The van der Waals surface area contributed by atoms with Crippen molar-refractivity contribution in [3.05, 3.63) is 35.6 Å². The van der Waals surface area contributed by atoms with Gasteiger partial charge < -0.3 is 15.1 Å². The minimum absolute atomic E-state index is 0.280. The van der Waals surface area contributed by atoms with Crippen molar-refractivity contribution in [2.45, 2.75) is 51.1 Å². The molecule has 4 amide bonds. The molecule has 7 nitrogen and oxygen atoms in total. The summed E-state index contributed by atoms with van der Waals surface area (Å²) in [5.74, 6) is -0.329. The van der Waals surface area contributed by atoms with Crippen molar-refractivity contribution in [3.8, 4) is 0 Å². The zero-order chi connectivity index (χ0) is 22.6. The maximum Gasteiger partial charge on any atom is 0.325 e. The number of carbonyl (C=O) groups excluding carboxylic acids is 3. The molecule has 1 aromatic carbocycles. The molecule has 1 N–H and O–H groups in total. The fourth-order valence-electron chi connectivity index (χ4n) is 4.40. The zero-order valence-corrected chi connectivity index (χ0v) is 18.7. The molecule has 1 heterocycles. The minimum atomic E-state index is -0.853. The van der Waals surface area contributed by atoms with Gasteiger partial charge in [-0.3, -0.25) is 14.5 Å². The van der Waals surface area contributed by atoms with Crippen molar-refractivity contribution in [1.29, 1.82) is 0 Å². The van der Waals surface area contributed by atoms with Crippen molar-refractivity contribution in [1.82, 2.24) is 20.0 Å². The van der Waals surface area contributed by atoms with Crippen LogP contribution in [-0.4, -0.2) is 71.8 Å². The topological polar surface area (TPSA) is 73.0 Å². The predicted molar refractivity (Wildman–Crippen MR) is 116 cm³/mol. The Morgan fingerprint density at radius 3 is 2.39 bits per heavy atom. The molecule has 0 radical (unpaired) electrons. The van der Waals surface area contributed by atoms with Gasteiger partial charge in [-0.2, -0.15) is 0 Å². The maximum atomic E-state index is 13.2. The molecule has 2 aliphatic rings. The van der Waals surface area contributed by atoms with Crippen LogP contribution >= 0.6 is 0 Å². The Morgan fingerprint density at radius 1 is 1.16 bits per heavy atom. The van der Waals surface area contributed by atoms with E-state index in [4.69, 9.17) is 0 Å². The summed E-state index contributed by atoms with van der Waals surface area (Å²) in [5, 5.41) is 2.88. The van der Waals surface area contributed by atoms with E-state index in [1.54, 1.807) is 17.0 Å². The number of imide groups is 1. The SMILES string of the molecule is CCC1CCC2(CC1)NC(=O)N(CC(=O)N(CCN(C)C)Cc1ccc(F)cc1)C2=O. The number of nitrogens with zero attached hydrogens (tertiary/aromatic N) is 3. The molecule has 8 heteroatoms. The Balaban J connectivity index is 1.69. The molecule has 1 aliphatic heterocycles. The number of nitrogens with one attached hydrogen (secondary N) is 1. The Kier molecular flexibility index (Phi) is 7.30. The standard InChI is InChI=1S/C23H33FN4O3/c1-4-17-9-11-23(12-10-17)21(30)28(22(31)25-23)16-20(29)27(14-13-26(2)3)15-18-5-7-19(24)8-6-18/h5-8,17H,4,9-16H2,1-3H3,(H,25,31). The van der Waals surface area contributed by atoms with Crippen LogP contribution in [0.25, 0.3) is 0 Å². The fraction of sp³-hybridized carbons (Fsp3) is 0.609. The van der Waals surface area contributed by atoms with E-state index in [-0.39, 0.29) is 24.2 Å². The summed E-state index contributed by atoms with van der Waals surface area (Å²) in [7, 11) is 3.82. The van der Waals surface area contributed by atoms with E-state index in [0.717, 1.165) is 29.7 Å². The van der Waals surface area contributed by atoms with Crippen LogP contribution in [0, 0.1) is 11.7 Å². The van der Waals surface area contributed by atoms with Crippen LogP contribution in [0.2, 0.25) is 0 Å². The molecule has 0 unspecified atom stereocenters. The second kappa shape index (κ2) is 9.77. The first-order valence-corrected chi connectivity index (χ1v) is 11.0. The summed E-state index contributed by atoms with van der Waals surface area (Å²) in [6.45, 7) is 3.23. The number of benzene rings is 1. The summed E-state index contributed by atoms with van der Waals surface area (Å²) >= 11 is 0. The Bertz CT molecular complexity index is 804. The first-order valence-electron chi connectivity index (χ1n) is 11.0. The number of urea groups is 1. The van der Waals surface area contributed by atoms with Gasteiger partial charge in [-0.15, -0.1) is 0 Å². The van der Waals surface area contributed by atoms with Crippen LogP contribution in [0.1, 0.15) is 44.6 Å². The van der Waals surface area contributed by atoms with Crippen molar-refractivity contribution in [2.24, 2.45) is 5.92 Å². The van der Waals surface area contributed by atoms with Gasteiger partial charge in [0.15, 0.2) is 0 Å². The van der Waals surface area contributed by atoms with E-state index in [2.05, 4.69) is 12.2 Å². The lowest BCUT2D eigenvalue weighted by Gasteiger charge is -2.34. The van der Waals surface area contributed by atoms with Gasteiger partial charge in [-0.05, 0) is 63.4 Å². The van der Waals surface area contributed by atoms with Crippen LogP contribution in [0.15, 0.2) is 24.3 Å². The minimum Gasteiger partial charge on any atom is -0.336 e. The molecule has 0 aromatic heterocycles. The number of rotatable bonds is 8. The van der Waals surface area contributed by atoms with E-state index >= 15 is 0 Å². The van der Waals surface area contributed by atoms with Gasteiger partial charge in [0.05, 0.1) is 0 Å². The molecule has 1 saturated heterocycles. The molecule has 0 bridgehead atoms. The van der Waals surface area contributed by atoms with Crippen molar-refractivity contribution >= 4 is 17.8 Å². The number of hydrogen-bond donors (Lipinski definition) is 1. The Labute approximate surface area is 183 Å². The third-order valence-electron chi connectivity index (χ3n) is 6.53. The van der Waals surface area contributed by atoms with Crippen LogP contribution < -0.4 is 5.32 Å². The summed E-state index contributed by atoms with van der Waals surface area (Å²) < 4.78 is 13.2. The van der Waals surface area contributed by atoms with Crippen LogP contribution in [0.5, 0.6) is 0 Å². The molecule has 1 saturated carbocycles. The third-order valence-corrected chi connectivity index (χ3v) is 6.53. The van der Waals surface area contributed by atoms with Gasteiger partial charge in [-0.25, -0.2) is 9.18 Å². The Hall–Kier alpha value is -2.48. The molecular formula is C23H33FN4O3. The molecule has 1 spiro atoms. The number of hydrogen-bond acceptors (Lipinski definition) is 4. The Morgan fingerprint density at radius 2 is 1.81 bits per heavy atom. The van der Waals surface area contributed by atoms with Gasteiger partial charge in [0, 0.05) is 19.6 Å². The van der Waals surface area contributed by atoms with E-state index in [1.807, 2.05) is 19.0 Å².